The van der Waals surface area contributed by atoms with Gasteiger partial charge in [-0.3, -0.25) is 4.79 Å². The van der Waals surface area contributed by atoms with Crippen LogP contribution in [-0.4, -0.2) is 5.78 Å². The highest BCUT2D eigenvalue weighted by atomic mass is 32.1. The number of rotatable bonds is 2. The van der Waals surface area contributed by atoms with Gasteiger partial charge in [0.15, 0.2) is 5.78 Å². The molecule has 0 N–H and O–H groups in total. The summed E-state index contributed by atoms with van der Waals surface area (Å²) in [5.74, 6) is -0.359. The largest absolute Gasteiger partial charge is 0.294 e. The normalized spacial score (nSPS) is 10.3. The average molecular weight is 220 g/mol. The van der Waals surface area contributed by atoms with Gasteiger partial charge in [0.1, 0.15) is 5.82 Å². The van der Waals surface area contributed by atoms with E-state index < -0.39 is 0 Å². The molecular weight excluding hydrogens is 211 g/mol. The van der Waals surface area contributed by atoms with Crippen LogP contribution in [0.4, 0.5) is 4.39 Å². The molecule has 1 heterocycles. The first-order valence-electron chi connectivity index (χ1n) is 4.53. The second-order valence-electron chi connectivity index (χ2n) is 3.22. The Morgan fingerprint density at radius 1 is 1.33 bits per heavy atom. The average Bonchev–Trinajstić information content (AvgIpc) is 2.69. The molecule has 0 amide bonds. The zero-order valence-corrected chi connectivity index (χ0v) is 8.98. The molecule has 0 spiro atoms. The van der Waals surface area contributed by atoms with Gasteiger partial charge in [-0.15, -0.1) is 11.3 Å². The molecule has 0 unspecified atom stereocenters. The van der Waals surface area contributed by atoms with Crippen molar-refractivity contribution in [3.63, 3.8) is 0 Å². The molecule has 0 saturated heterocycles. The molecule has 2 aromatic rings. The lowest BCUT2D eigenvalue weighted by Crippen LogP contribution is -1.95. The Labute approximate surface area is 91.2 Å². The summed E-state index contributed by atoms with van der Waals surface area (Å²) in [6, 6.07) is 8.02. The number of hydrogen-bond acceptors (Lipinski definition) is 2. The van der Waals surface area contributed by atoms with Gasteiger partial charge in [0, 0.05) is 16.0 Å². The van der Waals surface area contributed by atoms with Crippen LogP contribution >= 0.6 is 11.3 Å². The summed E-state index contributed by atoms with van der Waals surface area (Å²) in [6.07, 6.45) is 0. The Bertz CT molecular complexity index is 488. The van der Waals surface area contributed by atoms with E-state index in [1.165, 1.54) is 36.5 Å². The summed E-state index contributed by atoms with van der Waals surface area (Å²) in [5.41, 5.74) is 1.25. The summed E-state index contributed by atoms with van der Waals surface area (Å²) in [4.78, 5) is 12.3. The highest BCUT2D eigenvalue weighted by Crippen LogP contribution is 2.29. The lowest BCUT2D eigenvalue weighted by atomic mass is 10.0. The molecule has 76 valence electrons. The molecular formula is C12H9FOS. The van der Waals surface area contributed by atoms with Crippen molar-refractivity contribution in [1.82, 2.24) is 0 Å². The molecule has 1 aromatic heterocycles. The Morgan fingerprint density at radius 2 is 2.13 bits per heavy atom. The summed E-state index contributed by atoms with van der Waals surface area (Å²) >= 11 is 1.50. The lowest BCUT2D eigenvalue weighted by molar-refractivity contribution is 0.101. The zero-order valence-electron chi connectivity index (χ0n) is 8.16. The summed E-state index contributed by atoms with van der Waals surface area (Å²) in [6.45, 7) is 1.49. The van der Waals surface area contributed by atoms with Gasteiger partial charge in [-0.05, 0) is 36.6 Å². The Kier molecular flexibility index (Phi) is 2.64. The van der Waals surface area contributed by atoms with E-state index in [1.54, 1.807) is 0 Å². The Hall–Kier alpha value is -1.48. The maximum absolute atomic E-state index is 13.1. The number of ketones is 1. The van der Waals surface area contributed by atoms with Crippen LogP contribution in [-0.2, 0) is 0 Å². The first kappa shape index (κ1) is 10.1. The lowest BCUT2D eigenvalue weighted by Gasteiger charge is -2.04. The molecule has 0 atom stereocenters. The van der Waals surface area contributed by atoms with Gasteiger partial charge in [0.05, 0.1) is 0 Å². The van der Waals surface area contributed by atoms with Gasteiger partial charge in [0.25, 0.3) is 0 Å². The topological polar surface area (TPSA) is 17.1 Å². The van der Waals surface area contributed by atoms with Crippen molar-refractivity contribution >= 4 is 17.1 Å². The number of benzene rings is 1. The Morgan fingerprint density at radius 3 is 2.73 bits per heavy atom. The minimum atomic E-state index is -0.316. The fraction of sp³-hybridized carbons (Fsp3) is 0.0833. The highest BCUT2D eigenvalue weighted by Gasteiger charge is 2.10. The molecule has 3 heteroatoms. The Balaban J connectivity index is 2.63. The molecule has 0 bridgehead atoms. The second kappa shape index (κ2) is 3.95. The number of hydrogen-bond donors (Lipinski definition) is 0. The van der Waals surface area contributed by atoms with Crippen LogP contribution in [0.5, 0.6) is 0 Å². The van der Waals surface area contributed by atoms with Gasteiger partial charge in [0.2, 0.25) is 0 Å². The third-order valence-corrected chi connectivity index (χ3v) is 3.05. The third kappa shape index (κ3) is 1.97. The van der Waals surface area contributed by atoms with Gasteiger partial charge in [-0.25, -0.2) is 4.39 Å². The van der Waals surface area contributed by atoms with Crippen molar-refractivity contribution in [1.29, 1.82) is 0 Å². The van der Waals surface area contributed by atoms with Crippen molar-refractivity contribution in [2.75, 3.05) is 0 Å². The SMILES string of the molecule is CC(=O)c1ccc(F)cc1-c1cccs1. The molecule has 1 aromatic carbocycles. The molecule has 15 heavy (non-hydrogen) atoms. The minimum Gasteiger partial charge on any atom is -0.294 e. The molecule has 0 saturated carbocycles. The van der Waals surface area contributed by atoms with E-state index in [-0.39, 0.29) is 11.6 Å². The van der Waals surface area contributed by atoms with Crippen LogP contribution in [0, 0.1) is 5.82 Å². The van der Waals surface area contributed by atoms with Gasteiger partial charge in [-0.2, -0.15) is 0 Å². The van der Waals surface area contributed by atoms with Crippen molar-refractivity contribution in [3.05, 3.63) is 47.1 Å². The minimum absolute atomic E-state index is 0.0431. The summed E-state index contributed by atoms with van der Waals surface area (Å²) in [7, 11) is 0. The number of thiophene rings is 1. The van der Waals surface area contributed by atoms with E-state index >= 15 is 0 Å². The van der Waals surface area contributed by atoms with Crippen molar-refractivity contribution < 1.29 is 9.18 Å². The first-order valence-corrected chi connectivity index (χ1v) is 5.41. The van der Waals surface area contributed by atoms with E-state index in [9.17, 15) is 9.18 Å². The van der Waals surface area contributed by atoms with Crippen LogP contribution in [0.3, 0.4) is 0 Å². The van der Waals surface area contributed by atoms with Crippen LogP contribution in [0.15, 0.2) is 35.7 Å². The van der Waals surface area contributed by atoms with Crippen LogP contribution in [0.25, 0.3) is 10.4 Å². The highest BCUT2D eigenvalue weighted by molar-refractivity contribution is 7.13. The van der Waals surface area contributed by atoms with Gasteiger partial charge in [-0.1, -0.05) is 6.07 Å². The van der Waals surface area contributed by atoms with Crippen LogP contribution < -0.4 is 0 Å². The van der Waals surface area contributed by atoms with Crippen molar-refractivity contribution in [2.45, 2.75) is 6.92 Å². The predicted octanol–water partition coefficient (Wildman–Crippen LogP) is 3.76. The maximum atomic E-state index is 13.1. The predicted molar refractivity (Wildman–Crippen MR) is 59.7 cm³/mol. The maximum Gasteiger partial charge on any atom is 0.160 e. The van der Waals surface area contributed by atoms with E-state index in [2.05, 4.69) is 0 Å². The number of halogens is 1. The van der Waals surface area contributed by atoms with Crippen molar-refractivity contribution in [3.8, 4) is 10.4 Å². The van der Waals surface area contributed by atoms with Crippen LogP contribution in [0.2, 0.25) is 0 Å². The molecule has 1 nitrogen and oxygen atoms in total. The molecule has 0 aliphatic rings. The smallest absolute Gasteiger partial charge is 0.160 e. The molecule has 0 aliphatic carbocycles. The van der Waals surface area contributed by atoms with Crippen LogP contribution in [0.1, 0.15) is 17.3 Å². The second-order valence-corrected chi connectivity index (χ2v) is 4.17. The van der Waals surface area contributed by atoms with Gasteiger partial charge >= 0.3 is 0 Å². The molecule has 2 rings (SSSR count). The monoisotopic (exact) mass is 220 g/mol. The first-order chi connectivity index (χ1) is 7.18. The summed E-state index contributed by atoms with van der Waals surface area (Å²) in [5, 5.41) is 1.91. The fourth-order valence-corrected chi connectivity index (χ4v) is 2.22. The number of Topliss-reactive ketones (excluding diaryl/α,β-unsaturated/α-hetero) is 1. The number of carbonyl (C=O) groups is 1. The van der Waals surface area contributed by atoms with E-state index in [4.69, 9.17) is 0 Å². The van der Waals surface area contributed by atoms with E-state index in [1.807, 2.05) is 17.5 Å². The molecule has 0 aliphatic heterocycles. The molecule has 0 radical (unpaired) electrons. The zero-order chi connectivity index (χ0) is 10.8. The summed E-state index contributed by atoms with van der Waals surface area (Å²) < 4.78 is 13.1. The molecule has 0 fully saturated rings. The fourth-order valence-electron chi connectivity index (χ4n) is 1.46. The quantitative estimate of drug-likeness (QED) is 0.704. The number of carbonyl (C=O) groups excluding carboxylic acids is 1. The van der Waals surface area contributed by atoms with E-state index in [0.717, 1.165) is 4.88 Å². The third-order valence-electron chi connectivity index (χ3n) is 2.15. The standard InChI is InChI=1S/C12H9FOS/c1-8(14)10-5-4-9(13)7-11(10)12-3-2-6-15-12/h2-7H,1H3. The van der Waals surface area contributed by atoms with E-state index in [0.29, 0.717) is 11.1 Å². The van der Waals surface area contributed by atoms with Crippen molar-refractivity contribution in [2.24, 2.45) is 0 Å². The van der Waals surface area contributed by atoms with Gasteiger partial charge < -0.3 is 0 Å².